The van der Waals surface area contributed by atoms with Crippen LogP contribution in [0, 0.1) is 0 Å². The summed E-state index contributed by atoms with van der Waals surface area (Å²) in [7, 11) is 0. The number of hydrogen-bond donors (Lipinski definition) is 0. The van der Waals surface area contributed by atoms with Gasteiger partial charge in [0, 0.05) is 12.0 Å². The summed E-state index contributed by atoms with van der Waals surface area (Å²) < 4.78 is 0. The molecule has 4 heteroatoms. The van der Waals surface area contributed by atoms with E-state index in [2.05, 4.69) is 9.98 Å². The number of ketones is 2. The standard InChI is InChI=1S/C18H10N2O2/c21-13-7-3-6-12-15(13)10-8-14(22)16-9-4-1-2-5-11(9)19-18(16)17(10)20-12/h1-6,8,16H,7H2. The number of aliphatic imine (C=N–C) groups is 2. The molecule has 0 aromatic heterocycles. The molecule has 0 N–H and O–H groups in total. The molecule has 0 amide bonds. The van der Waals surface area contributed by atoms with E-state index in [4.69, 9.17) is 0 Å². The first kappa shape index (κ1) is 11.7. The van der Waals surface area contributed by atoms with Crippen LogP contribution in [-0.4, -0.2) is 23.0 Å². The Bertz CT molecular complexity index is 942. The SMILES string of the molecule is O=C1CC=CC2=C1C1=CC(=O)C3C(=Nc4ccccc43)C1=N2. The fraction of sp³-hybridized carbons (Fsp3) is 0.111. The molecule has 0 bridgehead atoms. The highest BCUT2D eigenvalue weighted by Gasteiger charge is 2.43. The maximum atomic E-state index is 12.6. The zero-order chi connectivity index (χ0) is 14.8. The molecule has 0 saturated carbocycles. The fourth-order valence-corrected chi connectivity index (χ4v) is 3.50. The quantitative estimate of drug-likeness (QED) is 0.736. The lowest BCUT2D eigenvalue weighted by Crippen LogP contribution is -2.31. The van der Waals surface area contributed by atoms with Gasteiger partial charge in [-0.25, -0.2) is 9.98 Å². The molecular formula is C18H10N2O2. The summed E-state index contributed by atoms with van der Waals surface area (Å²) in [5.41, 5.74) is 4.99. The van der Waals surface area contributed by atoms with Gasteiger partial charge in [0.1, 0.15) is 0 Å². The fourth-order valence-electron chi connectivity index (χ4n) is 3.50. The van der Waals surface area contributed by atoms with Gasteiger partial charge in [0.25, 0.3) is 0 Å². The predicted octanol–water partition coefficient (Wildman–Crippen LogP) is 2.60. The van der Waals surface area contributed by atoms with Crippen molar-refractivity contribution in [2.75, 3.05) is 0 Å². The number of carbonyl (C=O) groups excluding carboxylic acids is 2. The van der Waals surface area contributed by atoms with Gasteiger partial charge in [-0.2, -0.15) is 0 Å². The van der Waals surface area contributed by atoms with Crippen LogP contribution in [0.25, 0.3) is 0 Å². The first-order chi connectivity index (χ1) is 10.7. The van der Waals surface area contributed by atoms with E-state index >= 15 is 0 Å². The molecule has 1 aromatic carbocycles. The third-order valence-corrected chi connectivity index (χ3v) is 4.45. The minimum atomic E-state index is -0.376. The lowest BCUT2D eigenvalue weighted by Gasteiger charge is -2.19. The number of rotatable bonds is 0. The van der Waals surface area contributed by atoms with Gasteiger partial charge in [-0.1, -0.05) is 24.3 Å². The molecule has 5 rings (SSSR count). The summed E-state index contributed by atoms with van der Waals surface area (Å²) in [5, 5.41) is 0. The Labute approximate surface area is 126 Å². The van der Waals surface area contributed by atoms with Crippen molar-refractivity contribution < 1.29 is 9.59 Å². The van der Waals surface area contributed by atoms with Crippen molar-refractivity contribution in [2.24, 2.45) is 9.98 Å². The van der Waals surface area contributed by atoms with Crippen LogP contribution in [0.1, 0.15) is 17.9 Å². The van der Waals surface area contributed by atoms with Crippen molar-refractivity contribution in [3.8, 4) is 0 Å². The summed E-state index contributed by atoms with van der Waals surface area (Å²) in [5.74, 6) is -0.377. The van der Waals surface area contributed by atoms with Crippen LogP contribution >= 0.6 is 0 Å². The first-order valence-electron chi connectivity index (χ1n) is 7.21. The molecule has 2 heterocycles. The molecular weight excluding hydrogens is 276 g/mol. The highest BCUT2D eigenvalue weighted by Crippen LogP contribution is 2.43. The van der Waals surface area contributed by atoms with Crippen molar-refractivity contribution in [3.05, 3.63) is 64.9 Å². The number of benzene rings is 1. The number of hydrogen-bond acceptors (Lipinski definition) is 4. The predicted molar refractivity (Wildman–Crippen MR) is 82.6 cm³/mol. The second kappa shape index (κ2) is 3.85. The summed E-state index contributed by atoms with van der Waals surface area (Å²) >= 11 is 0. The lowest BCUT2D eigenvalue weighted by atomic mass is 9.79. The number of Topliss-reactive ketones (excluding diaryl/α,β-unsaturated/α-hetero) is 1. The summed E-state index contributed by atoms with van der Waals surface area (Å²) in [4.78, 5) is 34.0. The summed E-state index contributed by atoms with van der Waals surface area (Å²) in [6.07, 6.45) is 5.60. The Balaban J connectivity index is 1.74. The van der Waals surface area contributed by atoms with Crippen LogP contribution in [0.5, 0.6) is 0 Å². The number of para-hydroxylation sites is 1. The molecule has 4 nitrogen and oxygen atoms in total. The van der Waals surface area contributed by atoms with Gasteiger partial charge in [0.15, 0.2) is 11.6 Å². The maximum absolute atomic E-state index is 12.6. The van der Waals surface area contributed by atoms with E-state index in [9.17, 15) is 9.59 Å². The van der Waals surface area contributed by atoms with Crippen molar-refractivity contribution in [2.45, 2.75) is 12.3 Å². The van der Waals surface area contributed by atoms with Crippen molar-refractivity contribution in [1.82, 2.24) is 0 Å². The largest absolute Gasteiger partial charge is 0.294 e. The van der Waals surface area contributed by atoms with Crippen LogP contribution < -0.4 is 0 Å². The van der Waals surface area contributed by atoms with Crippen LogP contribution in [-0.2, 0) is 9.59 Å². The van der Waals surface area contributed by atoms with Crippen LogP contribution in [0.2, 0.25) is 0 Å². The monoisotopic (exact) mass is 286 g/mol. The molecule has 2 aliphatic heterocycles. The van der Waals surface area contributed by atoms with Gasteiger partial charge in [0.05, 0.1) is 34.3 Å². The molecule has 4 aliphatic rings. The third kappa shape index (κ3) is 1.32. The minimum Gasteiger partial charge on any atom is -0.294 e. The van der Waals surface area contributed by atoms with Gasteiger partial charge in [-0.05, 0) is 23.8 Å². The Morgan fingerprint density at radius 2 is 1.95 bits per heavy atom. The van der Waals surface area contributed by atoms with Crippen molar-refractivity contribution in [1.29, 1.82) is 0 Å². The highest BCUT2D eigenvalue weighted by molar-refractivity contribution is 6.59. The molecule has 104 valence electrons. The van der Waals surface area contributed by atoms with E-state index in [1.54, 1.807) is 6.08 Å². The summed E-state index contributed by atoms with van der Waals surface area (Å²) in [6, 6.07) is 7.66. The van der Waals surface area contributed by atoms with Gasteiger partial charge in [0.2, 0.25) is 0 Å². The molecule has 0 radical (unpaired) electrons. The Hall–Kier alpha value is -2.88. The normalized spacial score (nSPS) is 24.4. The molecule has 0 saturated heterocycles. The van der Waals surface area contributed by atoms with Crippen LogP contribution in [0.15, 0.2) is 69.3 Å². The van der Waals surface area contributed by atoms with E-state index in [1.807, 2.05) is 36.4 Å². The highest BCUT2D eigenvalue weighted by atomic mass is 16.1. The Kier molecular flexibility index (Phi) is 2.06. The average molecular weight is 286 g/mol. The van der Waals surface area contributed by atoms with E-state index in [0.29, 0.717) is 34.7 Å². The van der Waals surface area contributed by atoms with E-state index in [-0.39, 0.29) is 17.5 Å². The number of nitrogens with zero attached hydrogens (tertiary/aromatic N) is 2. The molecule has 2 aliphatic carbocycles. The van der Waals surface area contributed by atoms with E-state index in [0.717, 1.165) is 11.3 Å². The molecule has 1 atom stereocenters. The second-order valence-corrected chi connectivity index (χ2v) is 5.70. The molecule has 0 spiro atoms. The topological polar surface area (TPSA) is 58.9 Å². The van der Waals surface area contributed by atoms with Gasteiger partial charge in [-0.15, -0.1) is 0 Å². The molecule has 1 aromatic rings. The molecule has 0 fully saturated rings. The first-order valence-corrected chi connectivity index (χ1v) is 7.21. The van der Waals surface area contributed by atoms with Crippen molar-refractivity contribution >= 4 is 28.7 Å². The zero-order valence-corrected chi connectivity index (χ0v) is 11.5. The average Bonchev–Trinajstić information content (AvgIpc) is 3.06. The number of carbonyl (C=O) groups is 2. The Morgan fingerprint density at radius 1 is 1.09 bits per heavy atom. The smallest absolute Gasteiger partial charge is 0.169 e. The van der Waals surface area contributed by atoms with E-state index in [1.165, 1.54) is 0 Å². The number of allylic oxidation sites excluding steroid dienone is 5. The van der Waals surface area contributed by atoms with Gasteiger partial charge >= 0.3 is 0 Å². The summed E-state index contributed by atoms with van der Waals surface area (Å²) in [6.45, 7) is 0. The van der Waals surface area contributed by atoms with Crippen LogP contribution in [0.3, 0.4) is 0 Å². The molecule has 22 heavy (non-hydrogen) atoms. The zero-order valence-electron chi connectivity index (χ0n) is 11.5. The van der Waals surface area contributed by atoms with E-state index < -0.39 is 0 Å². The van der Waals surface area contributed by atoms with Gasteiger partial charge in [-0.3, -0.25) is 9.59 Å². The van der Waals surface area contributed by atoms with Crippen molar-refractivity contribution in [3.63, 3.8) is 0 Å². The lowest BCUT2D eigenvalue weighted by molar-refractivity contribution is -0.115. The third-order valence-electron chi connectivity index (χ3n) is 4.45. The number of fused-ring (bicyclic) bond motifs is 6. The van der Waals surface area contributed by atoms with Gasteiger partial charge < -0.3 is 0 Å². The maximum Gasteiger partial charge on any atom is 0.169 e. The Morgan fingerprint density at radius 3 is 2.86 bits per heavy atom. The van der Waals surface area contributed by atoms with Crippen LogP contribution in [0.4, 0.5) is 5.69 Å². The molecule has 1 unspecified atom stereocenters. The second-order valence-electron chi connectivity index (χ2n) is 5.70. The minimum absolute atomic E-state index is 0.0184.